The Morgan fingerprint density at radius 3 is 2.74 bits per heavy atom. The average molecular weight is 368 g/mol. The molecule has 0 spiro atoms. The summed E-state index contributed by atoms with van der Waals surface area (Å²) >= 11 is 0. The molecule has 27 heavy (non-hydrogen) atoms. The van der Waals surface area contributed by atoms with Gasteiger partial charge in [-0.3, -0.25) is 5.10 Å². The van der Waals surface area contributed by atoms with E-state index in [1.165, 1.54) is 0 Å². The molecule has 6 nitrogen and oxygen atoms in total. The molecule has 2 aromatic rings. The van der Waals surface area contributed by atoms with Crippen LogP contribution >= 0.6 is 0 Å². The SMILES string of the molecule is C/C=C(\C=C(/C)c1n[nH]c(C)c1-c1ccc2c(c1)OCCO2)C(=O)OCC. The Bertz CT molecular complexity index is 909. The molecule has 1 aromatic carbocycles. The zero-order valence-corrected chi connectivity index (χ0v) is 16.1. The molecule has 0 aliphatic carbocycles. The highest BCUT2D eigenvalue weighted by atomic mass is 16.6. The Morgan fingerprint density at radius 2 is 2.04 bits per heavy atom. The fraction of sp³-hybridized carbons (Fsp3) is 0.333. The van der Waals surface area contributed by atoms with Gasteiger partial charge in [0.25, 0.3) is 0 Å². The monoisotopic (exact) mass is 368 g/mol. The number of benzene rings is 1. The van der Waals surface area contributed by atoms with Crippen LogP contribution < -0.4 is 9.47 Å². The second-order valence-corrected chi connectivity index (χ2v) is 6.22. The van der Waals surface area contributed by atoms with Gasteiger partial charge < -0.3 is 14.2 Å². The van der Waals surface area contributed by atoms with E-state index >= 15 is 0 Å². The highest BCUT2D eigenvalue weighted by molar-refractivity contribution is 5.94. The number of carbonyl (C=O) groups is 1. The fourth-order valence-corrected chi connectivity index (χ4v) is 3.04. The van der Waals surface area contributed by atoms with Crippen LogP contribution in [0.1, 0.15) is 32.2 Å². The standard InChI is InChI=1S/C21H24N2O4/c1-5-15(21(24)25-6-2)11-13(3)20-19(14(4)22-23-20)16-7-8-17-18(12-16)27-10-9-26-17/h5,7-8,11-12H,6,9-10H2,1-4H3,(H,22,23)/b13-11+,15-5+. The summed E-state index contributed by atoms with van der Waals surface area (Å²) in [6.45, 7) is 8.94. The molecule has 0 bridgehead atoms. The minimum absolute atomic E-state index is 0.340. The van der Waals surface area contributed by atoms with Crippen LogP contribution in [0.5, 0.6) is 11.5 Å². The molecule has 0 fully saturated rings. The number of H-pyrrole nitrogens is 1. The van der Waals surface area contributed by atoms with Gasteiger partial charge in [-0.15, -0.1) is 0 Å². The van der Waals surface area contributed by atoms with E-state index in [9.17, 15) is 4.79 Å². The molecule has 142 valence electrons. The molecule has 3 rings (SSSR count). The van der Waals surface area contributed by atoms with Crippen LogP contribution in [-0.4, -0.2) is 36.0 Å². The third kappa shape index (κ3) is 3.89. The summed E-state index contributed by atoms with van der Waals surface area (Å²) < 4.78 is 16.4. The van der Waals surface area contributed by atoms with Crippen molar-refractivity contribution in [2.24, 2.45) is 0 Å². The number of aromatic nitrogens is 2. The van der Waals surface area contributed by atoms with Crippen molar-refractivity contribution in [3.8, 4) is 22.6 Å². The molecule has 1 aliphatic rings. The molecular formula is C21H24N2O4. The smallest absolute Gasteiger partial charge is 0.337 e. The zero-order valence-electron chi connectivity index (χ0n) is 16.1. The van der Waals surface area contributed by atoms with Crippen molar-refractivity contribution < 1.29 is 19.0 Å². The van der Waals surface area contributed by atoms with Crippen molar-refractivity contribution in [1.29, 1.82) is 0 Å². The molecule has 6 heteroatoms. The van der Waals surface area contributed by atoms with Crippen molar-refractivity contribution in [1.82, 2.24) is 10.2 Å². The predicted octanol–water partition coefficient (Wildman–Crippen LogP) is 4.07. The van der Waals surface area contributed by atoms with E-state index in [1.54, 1.807) is 19.1 Å². The van der Waals surface area contributed by atoms with Crippen molar-refractivity contribution in [3.63, 3.8) is 0 Å². The number of ether oxygens (including phenoxy) is 3. The number of hydrogen-bond donors (Lipinski definition) is 1. The maximum absolute atomic E-state index is 12.1. The zero-order chi connectivity index (χ0) is 19.4. The van der Waals surface area contributed by atoms with Gasteiger partial charge in [0, 0.05) is 11.3 Å². The largest absolute Gasteiger partial charge is 0.486 e. The van der Waals surface area contributed by atoms with E-state index in [1.807, 2.05) is 39.0 Å². The summed E-state index contributed by atoms with van der Waals surface area (Å²) in [5.74, 6) is 1.14. The summed E-state index contributed by atoms with van der Waals surface area (Å²) in [5, 5.41) is 7.50. The molecular weight excluding hydrogens is 344 g/mol. The Kier molecular flexibility index (Phi) is 5.64. The van der Waals surface area contributed by atoms with Crippen LogP contribution in [0.25, 0.3) is 16.7 Å². The number of fused-ring (bicyclic) bond motifs is 1. The average Bonchev–Trinajstić information content (AvgIpc) is 3.07. The van der Waals surface area contributed by atoms with Crippen LogP contribution in [0.3, 0.4) is 0 Å². The van der Waals surface area contributed by atoms with Gasteiger partial charge in [0.2, 0.25) is 0 Å². The van der Waals surface area contributed by atoms with Gasteiger partial charge in [-0.25, -0.2) is 4.79 Å². The van der Waals surface area contributed by atoms with E-state index in [-0.39, 0.29) is 5.97 Å². The number of allylic oxidation sites excluding steroid dienone is 2. The molecule has 0 saturated carbocycles. The van der Waals surface area contributed by atoms with Crippen LogP contribution in [0.2, 0.25) is 0 Å². The first-order valence-electron chi connectivity index (χ1n) is 9.02. The predicted molar refractivity (Wildman–Crippen MR) is 104 cm³/mol. The maximum atomic E-state index is 12.1. The van der Waals surface area contributed by atoms with Gasteiger partial charge in [0.1, 0.15) is 13.2 Å². The maximum Gasteiger partial charge on any atom is 0.337 e. The molecule has 0 atom stereocenters. The van der Waals surface area contributed by atoms with Crippen LogP contribution in [0, 0.1) is 6.92 Å². The number of aromatic amines is 1. The number of nitrogens with one attached hydrogen (secondary N) is 1. The van der Waals surface area contributed by atoms with Gasteiger partial charge in [-0.05, 0) is 57.0 Å². The Hall–Kier alpha value is -3.02. The Labute approximate surface area is 158 Å². The molecule has 0 amide bonds. The minimum Gasteiger partial charge on any atom is -0.486 e. The van der Waals surface area contributed by atoms with Gasteiger partial charge in [-0.2, -0.15) is 5.10 Å². The highest BCUT2D eigenvalue weighted by Gasteiger charge is 2.19. The normalized spacial score (nSPS) is 14.2. The lowest BCUT2D eigenvalue weighted by Crippen LogP contribution is -2.15. The summed E-state index contributed by atoms with van der Waals surface area (Å²) in [4.78, 5) is 12.1. The molecule has 1 aromatic heterocycles. The summed E-state index contributed by atoms with van der Waals surface area (Å²) in [6.07, 6.45) is 3.54. The molecule has 0 unspecified atom stereocenters. The van der Waals surface area contributed by atoms with E-state index < -0.39 is 0 Å². The van der Waals surface area contributed by atoms with Crippen LogP contribution in [0.4, 0.5) is 0 Å². The summed E-state index contributed by atoms with van der Waals surface area (Å²) in [6, 6.07) is 5.87. The van der Waals surface area contributed by atoms with Gasteiger partial charge >= 0.3 is 5.97 Å². The third-order valence-electron chi connectivity index (χ3n) is 4.35. The number of nitrogens with zero attached hydrogens (tertiary/aromatic N) is 1. The van der Waals surface area contributed by atoms with Gasteiger partial charge in [0.05, 0.1) is 17.9 Å². The van der Waals surface area contributed by atoms with E-state index in [0.717, 1.165) is 39.6 Å². The summed E-state index contributed by atoms with van der Waals surface area (Å²) in [7, 11) is 0. The third-order valence-corrected chi connectivity index (χ3v) is 4.35. The van der Waals surface area contributed by atoms with Crippen molar-refractivity contribution in [2.75, 3.05) is 19.8 Å². The minimum atomic E-state index is -0.340. The number of hydrogen-bond acceptors (Lipinski definition) is 5. The fourth-order valence-electron chi connectivity index (χ4n) is 3.04. The number of esters is 1. The second kappa shape index (κ2) is 8.12. The molecule has 1 N–H and O–H groups in total. The first-order chi connectivity index (χ1) is 13.0. The molecule has 2 heterocycles. The van der Waals surface area contributed by atoms with Crippen molar-refractivity contribution in [3.05, 3.63) is 47.3 Å². The summed E-state index contributed by atoms with van der Waals surface area (Å²) in [5.41, 5.74) is 5.04. The first kappa shape index (κ1) is 18.8. The molecule has 0 saturated heterocycles. The lowest BCUT2D eigenvalue weighted by atomic mass is 9.98. The lowest BCUT2D eigenvalue weighted by Gasteiger charge is -2.19. The first-order valence-corrected chi connectivity index (χ1v) is 9.02. The highest BCUT2D eigenvalue weighted by Crippen LogP contribution is 2.37. The van der Waals surface area contributed by atoms with Crippen LogP contribution in [0.15, 0.2) is 35.9 Å². The Morgan fingerprint density at radius 1 is 1.30 bits per heavy atom. The van der Waals surface area contributed by atoms with Gasteiger partial charge in [0.15, 0.2) is 11.5 Å². The number of carbonyl (C=O) groups excluding carboxylic acids is 1. The number of aryl methyl sites for hydroxylation is 1. The number of rotatable bonds is 5. The van der Waals surface area contributed by atoms with E-state index in [0.29, 0.717) is 25.4 Å². The van der Waals surface area contributed by atoms with E-state index in [4.69, 9.17) is 14.2 Å². The second-order valence-electron chi connectivity index (χ2n) is 6.22. The molecule has 1 aliphatic heterocycles. The lowest BCUT2D eigenvalue weighted by molar-refractivity contribution is -0.138. The quantitative estimate of drug-likeness (QED) is 0.489. The molecule has 0 radical (unpaired) electrons. The van der Waals surface area contributed by atoms with E-state index in [2.05, 4.69) is 10.2 Å². The van der Waals surface area contributed by atoms with Gasteiger partial charge in [-0.1, -0.05) is 12.1 Å². The van der Waals surface area contributed by atoms with Crippen molar-refractivity contribution >= 4 is 11.5 Å². The van der Waals surface area contributed by atoms with Crippen molar-refractivity contribution in [2.45, 2.75) is 27.7 Å². The van der Waals surface area contributed by atoms with Crippen LogP contribution in [-0.2, 0) is 9.53 Å². The Balaban J connectivity index is 1.99. The topological polar surface area (TPSA) is 73.4 Å².